The Hall–Kier alpha value is -2.81. The number of carboxylic acid groups (broad SMARTS) is 1. The smallest absolute Gasteiger partial charge is 0.328 e. The molecule has 0 saturated heterocycles. The van der Waals surface area contributed by atoms with Crippen LogP contribution in [0.1, 0.15) is 49.5 Å². The zero-order valence-corrected chi connectivity index (χ0v) is 23.6. The van der Waals surface area contributed by atoms with Crippen LogP contribution in [0.15, 0.2) is 36.4 Å². The van der Waals surface area contributed by atoms with Gasteiger partial charge in [-0.15, -0.1) is 0 Å². The van der Waals surface area contributed by atoms with E-state index in [0.717, 1.165) is 0 Å². The zero-order valence-electron chi connectivity index (χ0n) is 21.4. The van der Waals surface area contributed by atoms with E-state index in [1.807, 2.05) is 0 Å². The maximum absolute atomic E-state index is 13.2. The van der Waals surface area contributed by atoms with Gasteiger partial charge in [-0.2, -0.15) is 0 Å². The van der Waals surface area contributed by atoms with Gasteiger partial charge in [0.15, 0.2) is 0 Å². The van der Waals surface area contributed by atoms with Gasteiger partial charge in [0.25, 0.3) is 5.91 Å². The van der Waals surface area contributed by atoms with E-state index >= 15 is 0 Å². The summed E-state index contributed by atoms with van der Waals surface area (Å²) < 4.78 is 4.90. The van der Waals surface area contributed by atoms with Crippen LogP contribution in [0.3, 0.4) is 0 Å². The normalized spacial score (nSPS) is 20.9. The summed E-state index contributed by atoms with van der Waals surface area (Å²) in [5, 5.41) is 15.7. The van der Waals surface area contributed by atoms with Gasteiger partial charge in [-0.3, -0.25) is 14.4 Å². The Morgan fingerprint density at radius 2 is 1.63 bits per heavy atom. The zero-order chi connectivity index (χ0) is 28.4. The summed E-state index contributed by atoms with van der Waals surface area (Å²) >= 11 is 18.1. The molecule has 0 radical (unpaired) electrons. The number of nitrogens with one attached hydrogen (secondary N) is 2. The van der Waals surface area contributed by atoms with Gasteiger partial charge in [-0.05, 0) is 55.0 Å². The molecule has 2 aromatic rings. The lowest BCUT2D eigenvalue weighted by molar-refractivity contribution is -0.156. The lowest BCUT2D eigenvalue weighted by atomic mass is 9.65. The third-order valence-electron chi connectivity index (χ3n) is 7.70. The van der Waals surface area contributed by atoms with Gasteiger partial charge in [0, 0.05) is 23.0 Å². The number of hydrogen-bond acceptors (Lipinski definition) is 5. The molecule has 1 saturated carbocycles. The Morgan fingerprint density at radius 1 is 1.05 bits per heavy atom. The molecule has 3 N–H and O–H groups in total. The third-order valence-corrected chi connectivity index (χ3v) is 8.52. The molecule has 0 spiro atoms. The second-order valence-corrected chi connectivity index (χ2v) is 11.4. The summed E-state index contributed by atoms with van der Waals surface area (Å²) in [6.07, 6.45) is 0.881. The lowest BCUT2D eigenvalue weighted by Gasteiger charge is -2.38. The van der Waals surface area contributed by atoms with Gasteiger partial charge in [0.1, 0.15) is 6.04 Å². The first-order chi connectivity index (χ1) is 17.7. The number of ether oxygens (including phenoxy) is 1. The standard InChI is InChI=1S/C27H29Cl3N2O6/c1-26(2)17(9-10-27(26,3)25(36)37)22(33)32-20(24(35)38-4)11-14-5-7-16(8-6-14)31-23(34)21-18(29)12-15(28)13-19(21)30/h5-8,12-13,17,20H,9-11H2,1-4H3,(H,31,34)(H,32,33)(H,36,37). The predicted molar refractivity (Wildman–Crippen MR) is 146 cm³/mol. The molecule has 1 aliphatic rings. The Labute approximate surface area is 236 Å². The van der Waals surface area contributed by atoms with Crippen LogP contribution in [0.4, 0.5) is 5.69 Å². The second kappa shape index (κ2) is 11.5. The summed E-state index contributed by atoms with van der Waals surface area (Å²) in [5.74, 6) is -3.07. The van der Waals surface area contributed by atoms with Gasteiger partial charge >= 0.3 is 11.9 Å². The van der Waals surface area contributed by atoms with Crippen LogP contribution in [-0.4, -0.2) is 42.0 Å². The van der Waals surface area contributed by atoms with Crippen LogP contribution in [0.5, 0.6) is 0 Å². The maximum Gasteiger partial charge on any atom is 0.328 e. The van der Waals surface area contributed by atoms with Crippen molar-refractivity contribution >= 4 is 64.2 Å². The molecule has 38 heavy (non-hydrogen) atoms. The molecule has 1 fully saturated rings. The molecule has 3 unspecified atom stereocenters. The first-order valence-corrected chi connectivity index (χ1v) is 13.0. The highest BCUT2D eigenvalue weighted by molar-refractivity contribution is 6.42. The van der Waals surface area contributed by atoms with Crippen molar-refractivity contribution in [2.75, 3.05) is 12.4 Å². The van der Waals surface area contributed by atoms with Crippen LogP contribution in [0, 0.1) is 16.7 Å². The highest BCUT2D eigenvalue weighted by Crippen LogP contribution is 2.56. The van der Waals surface area contributed by atoms with Gasteiger partial charge in [0.05, 0.1) is 28.1 Å². The van der Waals surface area contributed by atoms with Gasteiger partial charge < -0.3 is 20.5 Å². The topological polar surface area (TPSA) is 122 Å². The summed E-state index contributed by atoms with van der Waals surface area (Å²) in [5.41, 5.74) is -0.637. The van der Waals surface area contributed by atoms with Crippen molar-refractivity contribution in [2.24, 2.45) is 16.7 Å². The largest absolute Gasteiger partial charge is 0.481 e. The number of esters is 1. The highest BCUT2D eigenvalue weighted by Gasteiger charge is 2.58. The van der Waals surface area contributed by atoms with E-state index in [-0.39, 0.29) is 22.0 Å². The fourth-order valence-corrected chi connectivity index (χ4v) is 5.85. The number of methoxy groups -OCH3 is 1. The molecule has 204 valence electrons. The quantitative estimate of drug-likeness (QED) is 0.347. The van der Waals surface area contributed by atoms with E-state index in [4.69, 9.17) is 39.5 Å². The number of halogens is 3. The van der Waals surface area contributed by atoms with Crippen molar-refractivity contribution in [3.8, 4) is 0 Å². The summed E-state index contributed by atoms with van der Waals surface area (Å²) in [7, 11) is 1.23. The molecule has 2 aromatic carbocycles. The van der Waals surface area contributed by atoms with Crippen molar-refractivity contribution < 1.29 is 29.0 Å². The van der Waals surface area contributed by atoms with Gasteiger partial charge in [-0.1, -0.05) is 60.8 Å². The van der Waals surface area contributed by atoms with E-state index in [1.165, 1.54) is 19.2 Å². The first-order valence-electron chi connectivity index (χ1n) is 11.9. The molecule has 11 heteroatoms. The Kier molecular flexibility index (Phi) is 9.01. The van der Waals surface area contributed by atoms with Crippen molar-refractivity contribution in [1.82, 2.24) is 5.32 Å². The summed E-state index contributed by atoms with van der Waals surface area (Å²) in [6, 6.07) is 8.53. The minimum absolute atomic E-state index is 0.0871. The fourth-order valence-electron chi connectivity index (χ4n) is 4.86. The number of carboxylic acids is 1. The van der Waals surface area contributed by atoms with Crippen LogP contribution >= 0.6 is 34.8 Å². The second-order valence-electron chi connectivity index (χ2n) is 10.1. The molecule has 1 aliphatic carbocycles. The number of aliphatic carboxylic acids is 1. The number of benzene rings is 2. The Bertz CT molecular complexity index is 1240. The third kappa shape index (κ3) is 5.92. The number of carbonyl (C=O) groups excluding carboxylic acids is 3. The number of anilines is 1. The molecule has 8 nitrogen and oxygen atoms in total. The van der Waals surface area contributed by atoms with Crippen molar-refractivity contribution in [3.63, 3.8) is 0 Å². The fraction of sp³-hybridized carbons (Fsp3) is 0.407. The van der Waals surface area contributed by atoms with E-state index in [1.54, 1.807) is 45.0 Å². The maximum atomic E-state index is 13.2. The van der Waals surface area contributed by atoms with Crippen LogP contribution < -0.4 is 10.6 Å². The predicted octanol–water partition coefficient (Wildman–Crippen LogP) is 5.63. The van der Waals surface area contributed by atoms with Gasteiger partial charge in [0.2, 0.25) is 5.91 Å². The summed E-state index contributed by atoms with van der Waals surface area (Å²) in [6.45, 7) is 5.18. The molecule has 0 bridgehead atoms. The molecule has 0 aromatic heterocycles. The molecule has 0 heterocycles. The number of hydrogen-bond donors (Lipinski definition) is 3. The molecular formula is C27H29Cl3N2O6. The minimum Gasteiger partial charge on any atom is -0.481 e. The Balaban J connectivity index is 1.71. The van der Waals surface area contributed by atoms with E-state index in [0.29, 0.717) is 29.1 Å². The van der Waals surface area contributed by atoms with Crippen LogP contribution in [0.2, 0.25) is 15.1 Å². The summed E-state index contributed by atoms with van der Waals surface area (Å²) in [4.78, 5) is 50.3. The molecule has 3 rings (SSSR count). The average molecular weight is 584 g/mol. The van der Waals surface area contributed by atoms with Crippen molar-refractivity contribution in [3.05, 3.63) is 62.6 Å². The molecule has 2 amide bonds. The first kappa shape index (κ1) is 29.7. The lowest BCUT2D eigenvalue weighted by Crippen LogP contribution is -2.50. The van der Waals surface area contributed by atoms with Crippen molar-refractivity contribution in [2.45, 2.75) is 46.1 Å². The molecular weight excluding hydrogens is 555 g/mol. The number of rotatable bonds is 8. The van der Waals surface area contributed by atoms with Crippen LogP contribution in [-0.2, 0) is 25.5 Å². The van der Waals surface area contributed by atoms with E-state index in [2.05, 4.69) is 10.6 Å². The van der Waals surface area contributed by atoms with E-state index < -0.39 is 46.5 Å². The minimum atomic E-state index is -1.06. The highest BCUT2D eigenvalue weighted by atomic mass is 35.5. The SMILES string of the molecule is COC(=O)C(Cc1ccc(NC(=O)c2c(Cl)cc(Cl)cc2Cl)cc1)NC(=O)C1CCC(C)(C(=O)O)C1(C)C. The Morgan fingerprint density at radius 3 is 2.13 bits per heavy atom. The van der Waals surface area contributed by atoms with Gasteiger partial charge in [-0.25, -0.2) is 4.79 Å². The number of amides is 2. The average Bonchev–Trinajstić information content (AvgIpc) is 3.08. The monoisotopic (exact) mass is 582 g/mol. The number of carbonyl (C=O) groups is 4. The molecule has 3 atom stereocenters. The van der Waals surface area contributed by atoms with Crippen LogP contribution in [0.25, 0.3) is 0 Å². The molecule has 0 aliphatic heterocycles. The van der Waals surface area contributed by atoms with E-state index in [9.17, 15) is 24.3 Å². The van der Waals surface area contributed by atoms with Crippen molar-refractivity contribution in [1.29, 1.82) is 0 Å².